The summed E-state index contributed by atoms with van der Waals surface area (Å²) in [5.74, 6) is -1.41. The molecule has 3 atom stereocenters. The summed E-state index contributed by atoms with van der Waals surface area (Å²) in [7, 11) is 1.45. The SMILES string of the molecule is CCOC(=O)C1CC(C(=O)N2CCNCC2)N(C(=O)COC)C1c1ccc(C)cc1. The van der Waals surface area contributed by atoms with Crippen LogP contribution in [0.4, 0.5) is 0 Å². The number of hydrogen-bond donors (Lipinski definition) is 1. The van der Waals surface area contributed by atoms with E-state index in [0.29, 0.717) is 26.2 Å². The van der Waals surface area contributed by atoms with E-state index < -0.39 is 18.0 Å². The monoisotopic (exact) mass is 417 g/mol. The van der Waals surface area contributed by atoms with Gasteiger partial charge in [0, 0.05) is 33.3 Å². The van der Waals surface area contributed by atoms with Gasteiger partial charge in [0.1, 0.15) is 12.6 Å². The molecule has 0 bridgehead atoms. The molecule has 0 aromatic heterocycles. The molecule has 2 heterocycles. The predicted molar refractivity (Wildman–Crippen MR) is 111 cm³/mol. The molecule has 0 aliphatic carbocycles. The number of methoxy groups -OCH3 is 1. The van der Waals surface area contributed by atoms with Crippen LogP contribution in [0.5, 0.6) is 0 Å². The first-order valence-electron chi connectivity index (χ1n) is 10.5. The highest BCUT2D eigenvalue weighted by Gasteiger charge is 2.51. The number of benzene rings is 1. The molecular formula is C22H31N3O5. The van der Waals surface area contributed by atoms with Crippen molar-refractivity contribution in [2.24, 2.45) is 5.92 Å². The van der Waals surface area contributed by atoms with Crippen molar-refractivity contribution in [3.05, 3.63) is 35.4 Å². The third-order valence-electron chi connectivity index (χ3n) is 5.77. The molecule has 1 N–H and O–H groups in total. The number of rotatable bonds is 6. The standard InChI is InChI=1S/C22H31N3O5/c1-4-30-22(28)17-13-18(21(27)24-11-9-23-10-12-24)25(19(26)14-29-3)20(17)16-7-5-15(2)6-8-16/h5-8,17-18,20,23H,4,9-14H2,1-3H3. The van der Waals surface area contributed by atoms with E-state index in [0.717, 1.165) is 11.1 Å². The number of ether oxygens (including phenoxy) is 2. The van der Waals surface area contributed by atoms with Gasteiger partial charge in [0.05, 0.1) is 18.6 Å². The van der Waals surface area contributed by atoms with Gasteiger partial charge < -0.3 is 24.6 Å². The van der Waals surface area contributed by atoms with Crippen molar-refractivity contribution in [3.63, 3.8) is 0 Å². The van der Waals surface area contributed by atoms with Crippen LogP contribution in [0.2, 0.25) is 0 Å². The summed E-state index contributed by atoms with van der Waals surface area (Å²) >= 11 is 0. The Balaban J connectivity index is 2.00. The fourth-order valence-electron chi connectivity index (χ4n) is 4.34. The molecule has 1 aromatic carbocycles. The van der Waals surface area contributed by atoms with Gasteiger partial charge in [-0.25, -0.2) is 0 Å². The summed E-state index contributed by atoms with van der Waals surface area (Å²) < 4.78 is 10.4. The Kier molecular flexibility index (Phi) is 7.44. The molecule has 2 saturated heterocycles. The van der Waals surface area contributed by atoms with E-state index in [2.05, 4.69) is 5.32 Å². The summed E-state index contributed by atoms with van der Waals surface area (Å²) in [5.41, 5.74) is 1.89. The van der Waals surface area contributed by atoms with E-state index in [-0.39, 0.29) is 37.4 Å². The first-order valence-corrected chi connectivity index (χ1v) is 10.5. The van der Waals surface area contributed by atoms with Crippen molar-refractivity contribution < 1.29 is 23.9 Å². The van der Waals surface area contributed by atoms with E-state index in [1.54, 1.807) is 16.7 Å². The zero-order chi connectivity index (χ0) is 21.7. The van der Waals surface area contributed by atoms with E-state index in [4.69, 9.17) is 9.47 Å². The molecule has 2 fully saturated rings. The number of carbonyl (C=O) groups is 3. The molecule has 2 aliphatic heterocycles. The van der Waals surface area contributed by atoms with Gasteiger partial charge in [-0.3, -0.25) is 14.4 Å². The van der Waals surface area contributed by atoms with Crippen molar-refractivity contribution in [2.75, 3.05) is 46.5 Å². The van der Waals surface area contributed by atoms with E-state index in [1.165, 1.54) is 7.11 Å². The first kappa shape index (κ1) is 22.2. The maximum atomic E-state index is 13.4. The highest BCUT2D eigenvalue weighted by molar-refractivity contribution is 5.91. The Bertz CT molecular complexity index is 761. The summed E-state index contributed by atoms with van der Waals surface area (Å²) in [6.45, 7) is 6.43. The van der Waals surface area contributed by atoms with Gasteiger partial charge in [0.2, 0.25) is 11.8 Å². The Morgan fingerprint density at radius 3 is 2.40 bits per heavy atom. The van der Waals surface area contributed by atoms with Gasteiger partial charge in [-0.1, -0.05) is 29.8 Å². The van der Waals surface area contributed by atoms with Crippen LogP contribution in [-0.4, -0.2) is 80.1 Å². The lowest BCUT2D eigenvalue weighted by Crippen LogP contribution is -2.54. The second-order valence-electron chi connectivity index (χ2n) is 7.77. The first-order chi connectivity index (χ1) is 14.5. The number of aryl methyl sites for hydroxylation is 1. The number of hydrogen-bond acceptors (Lipinski definition) is 6. The zero-order valence-electron chi connectivity index (χ0n) is 17.9. The number of likely N-dealkylation sites (tertiary alicyclic amines) is 1. The number of amides is 2. The maximum absolute atomic E-state index is 13.4. The molecule has 0 spiro atoms. The summed E-state index contributed by atoms with van der Waals surface area (Å²) in [6, 6.07) is 6.44. The third-order valence-corrected chi connectivity index (χ3v) is 5.77. The highest BCUT2D eigenvalue weighted by Crippen LogP contribution is 2.42. The quantitative estimate of drug-likeness (QED) is 0.692. The van der Waals surface area contributed by atoms with Crippen LogP contribution in [0, 0.1) is 12.8 Å². The Hall–Kier alpha value is -2.45. The van der Waals surface area contributed by atoms with Gasteiger partial charge in [-0.05, 0) is 25.8 Å². The van der Waals surface area contributed by atoms with Gasteiger partial charge in [0.15, 0.2) is 0 Å². The largest absolute Gasteiger partial charge is 0.466 e. The second-order valence-corrected chi connectivity index (χ2v) is 7.77. The highest BCUT2D eigenvalue weighted by atomic mass is 16.5. The maximum Gasteiger partial charge on any atom is 0.311 e. The van der Waals surface area contributed by atoms with E-state index in [1.807, 2.05) is 31.2 Å². The third kappa shape index (κ3) is 4.65. The topological polar surface area (TPSA) is 88.2 Å². The Morgan fingerprint density at radius 1 is 1.13 bits per heavy atom. The van der Waals surface area contributed by atoms with Crippen molar-refractivity contribution in [1.82, 2.24) is 15.1 Å². The molecule has 8 nitrogen and oxygen atoms in total. The molecule has 164 valence electrons. The summed E-state index contributed by atoms with van der Waals surface area (Å²) in [6.07, 6.45) is 0.246. The molecule has 2 amide bonds. The molecule has 3 unspecified atom stereocenters. The average molecular weight is 418 g/mol. The molecule has 2 aliphatic rings. The molecule has 3 rings (SSSR count). The number of nitrogens with one attached hydrogen (secondary N) is 1. The normalized spacial score (nSPS) is 24.0. The minimum absolute atomic E-state index is 0.120. The fourth-order valence-corrected chi connectivity index (χ4v) is 4.34. The molecule has 8 heteroatoms. The van der Waals surface area contributed by atoms with Crippen molar-refractivity contribution in [1.29, 1.82) is 0 Å². The van der Waals surface area contributed by atoms with E-state index in [9.17, 15) is 14.4 Å². The van der Waals surface area contributed by atoms with Crippen LogP contribution in [-0.2, 0) is 23.9 Å². The van der Waals surface area contributed by atoms with Crippen molar-refractivity contribution in [3.8, 4) is 0 Å². The zero-order valence-corrected chi connectivity index (χ0v) is 17.9. The van der Waals surface area contributed by atoms with Gasteiger partial charge in [-0.15, -0.1) is 0 Å². The molecule has 0 saturated carbocycles. The smallest absolute Gasteiger partial charge is 0.311 e. The second kappa shape index (κ2) is 10.0. The van der Waals surface area contributed by atoms with Gasteiger partial charge in [0.25, 0.3) is 0 Å². The summed E-state index contributed by atoms with van der Waals surface area (Å²) in [4.78, 5) is 42.6. The van der Waals surface area contributed by atoms with Crippen molar-refractivity contribution >= 4 is 17.8 Å². The Morgan fingerprint density at radius 2 is 1.80 bits per heavy atom. The Labute approximate surface area is 177 Å². The van der Waals surface area contributed by atoms with Crippen LogP contribution >= 0.6 is 0 Å². The van der Waals surface area contributed by atoms with Crippen LogP contribution in [0.15, 0.2) is 24.3 Å². The predicted octanol–water partition coefficient (Wildman–Crippen LogP) is 0.895. The number of esters is 1. The fraction of sp³-hybridized carbons (Fsp3) is 0.591. The minimum atomic E-state index is -0.716. The van der Waals surface area contributed by atoms with Gasteiger partial charge >= 0.3 is 5.97 Å². The molecule has 1 aromatic rings. The van der Waals surface area contributed by atoms with Crippen molar-refractivity contribution in [2.45, 2.75) is 32.4 Å². The number of nitrogens with zero attached hydrogens (tertiary/aromatic N) is 2. The summed E-state index contributed by atoms with van der Waals surface area (Å²) in [5, 5.41) is 3.23. The molecule has 0 radical (unpaired) electrons. The lowest BCUT2D eigenvalue weighted by atomic mass is 9.92. The number of carbonyl (C=O) groups excluding carboxylic acids is 3. The molecule has 30 heavy (non-hydrogen) atoms. The number of piperazine rings is 1. The van der Waals surface area contributed by atoms with Crippen LogP contribution in [0.1, 0.15) is 30.5 Å². The van der Waals surface area contributed by atoms with Crippen LogP contribution < -0.4 is 5.32 Å². The van der Waals surface area contributed by atoms with E-state index >= 15 is 0 Å². The van der Waals surface area contributed by atoms with Crippen LogP contribution in [0.25, 0.3) is 0 Å². The van der Waals surface area contributed by atoms with Crippen LogP contribution in [0.3, 0.4) is 0 Å². The lowest BCUT2D eigenvalue weighted by molar-refractivity contribution is -0.151. The lowest BCUT2D eigenvalue weighted by Gasteiger charge is -2.35. The molecular weight excluding hydrogens is 386 g/mol. The average Bonchev–Trinajstić information content (AvgIpc) is 3.15. The van der Waals surface area contributed by atoms with Gasteiger partial charge in [-0.2, -0.15) is 0 Å². The minimum Gasteiger partial charge on any atom is -0.466 e.